The van der Waals surface area contributed by atoms with Crippen molar-refractivity contribution in [2.75, 3.05) is 0 Å². The molecule has 0 aliphatic rings. The first kappa shape index (κ1) is 12.3. The lowest BCUT2D eigenvalue weighted by Gasteiger charge is -2.10. The van der Waals surface area contributed by atoms with Gasteiger partial charge < -0.3 is 0 Å². The van der Waals surface area contributed by atoms with Gasteiger partial charge in [0.2, 0.25) is 0 Å². The molecular formula is C13H19NS. The second-order valence-electron chi connectivity index (χ2n) is 3.61. The molecule has 0 saturated carbocycles. The van der Waals surface area contributed by atoms with Gasteiger partial charge in [0.1, 0.15) is 0 Å². The minimum atomic E-state index is 0.224. The fraction of sp³-hybridized carbons (Fsp3) is 0.538. The zero-order valence-corrected chi connectivity index (χ0v) is 10.4. The molecule has 0 bridgehead atoms. The van der Waals surface area contributed by atoms with Crippen molar-refractivity contribution in [2.45, 2.75) is 45.7 Å². The Labute approximate surface area is 96.9 Å². The Morgan fingerprint density at radius 2 is 2.13 bits per heavy atom. The molecule has 0 fully saturated rings. The average Bonchev–Trinajstić information content (AvgIpc) is 2.72. The van der Waals surface area contributed by atoms with Crippen LogP contribution in [0.1, 0.15) is 36.4 Å². The van der Waals surface area contributed by atoms with Crippen molar-refractivity contribution in [3.8, 4) is 12.3 Å². The first-order valence-electron chi connectivity index (χ1n) is 5.57. The smallest absolute Gasteiger partial charge is 0.0689 e. The maximum atomic E-state index is 5.45. The van der Waals surface area contributed by atoms with Crippen molar-refractivity contribution >= 4 is 11.3 Å². The third-order valence-corrected chi connectivity index (χ3v) is 3.60. The zero-order valence-electron chi connectivity index (χ0n) is 9.55. The van der Waals surface area contributed by atoms with E-state index in [1.54, 1.807) is 0 Å². The summed E-state index contributed by atoms with van der Waals surface area (Å²) in [7, 11) is 0. The Balaban J connectivity index is 2.39. The topological polar surface area (TPSA) is 12.0 Å². The summed E-state index contributed by atoms with van der Waals surface area (Å²) in [6, 6.07) is 4.62. The third-order valence-electron chi connectivity index (χ3n) is 2.37. The second kappa shape index (κ2) is 6.66. The van der Waals surface area contributed by atoms with Crippen LogP contribution in [-0.2, 0) is 13.0 Å². The highest BCUT2D eigenvalue weighted by molar-refractivity contribution is 7.11. The molecule has 0 aromatic carbocycles. The third kappa shape index (κ3) is 4.07. The van der Waals surface area contributed by atoms with Crippen molar-refractivity contribution < 1.29 is 0 Å². The predicted molar refractivity (Wildman–Crippen MR) is 68.1 cm³/mol. The van der Waals surface area contributed by atoms with Gasteiger partial charge in [0, 0.05) is 16.3 Å². The highest BCUT2D eigenvalue weighted by Crippen LogP contribution is 2.16. The summed E-state index contributed by atoms with van der Waals surface area (Å²) >= 11 is 1.87. The molecule has 2 heteroatoms. The molecule has 1 N–H and O–H groups in total. The molecule has 1 heterocycles. The Hall–Kier alpha value is -0.780. The van der Waals surface area contributed by atoms with E-state index >= 15 is 0 Å². The van der Waals surface area contributed by atoms with Crippen molar-refractivity contribution in [3.63, 3.8) is 0 Å². The van der Waals surface area contributed by atoms with Crippen LogP contribution in [0.15, 0.2) is 12.1 Å². The number of hydrogen-bond donors (Lipinski definition) is 1. The molecule has 0 aliphatic carbocycles. The molecule has 15 heavy (non-hydrogen) atoms. The standard InChI is InChI=1S/C13H19NS/c1-4-7-11(5-2)14-10-13-9-8-12(6-3)15-13/h2,8-9,11,14H,4,6-7,10H2,1,3H3. The molecule has 0 aliphatic heterocycles. The van der Waals surface area contributed by atoms with Crippen LogP contribution in [0, 0.1) is 12.3 Å². The van der Waals surface area contributed by atoms with E-state index < -0.39 is 0 Å². The number of hydrogen-bond acceptors (Lipinski definition) is 2. The summed E-state index contributed by atoms with van der Waals surface area (Å²) in [6.07, 6.45) is 8.76. The van der Waals surface area contributed by atoms with Gasteiger partial charge in [-0.15, -0.1) is 17.8 Å². The molecule has 1 unspecified atom stereocenters. The first-order chi connectivity index (χ1) is 7.30. The van der Waals surface area contributed by atoms with Crippen molar-refractivity contribution in [1.29, 1.82) is 0 Å². The fourth-order valence-electron chi connectivity index (χ4n) is 1.46. The van der Waals surface area contributed by atoms with E-state index in [1.165, 1.54) is 9.75 Å². The van der Waals surface area contributed by atoms with Crippen molar-refractivity contribution in [2.24, 2.45) is 0 Å². The summed E-state index contributed by atoms with van der Waals surface area (Å²) in [5.41, 5.74) is 0. The van der Waals surface area contributed by atoms with Crippen LogP contribution >= 0.6 is 11.3 Å². The quantitative estimate of drug-likeness (QED) is 0.727. The molecule has 1 rings (SSSR count). The summed E-state index contributed by atoms with van der Waals surface area (Å²) in [5.74, 6) is 2.79. The summed E-state index contributed by atoms with van der Waals surface area (Å²) in [4.78, 5) is 2.82. The number of terminal acetylenes is 1. The average molecular weight is 221 g/mol. The van der Waals surface area contributed by atoms with Gasteiger partial charge in [-0.2, -0.15) is 0 Å². The van der Waals surface area contributed by atoms with E-state index in [9.17, 15) is 0 Å². The van der Waals surface area contributed by atoms with Crippen LogP contribution in [0.4, 0.5) is 0 Å². The van der Waals surface area contributed by atoms with Crippen LogP contribution in [0.2, 0.25) is 0 Å². The zero-order chi connectivity index (χ0) is 11.1. The van der Waals surface area contributed by atoms with Gasteiger partial charge in [-0.25, -0.2) is 0 Å². The molecule has 1 aromatic heterocycles. The lowest BCUT2D eigenvalue weighted by molar-refractivity contribution is 0.566. The monoisotopic (exact) mass is 221 g/mol. The van der Waals surface area contributed by atoms with E-state index in [1.807, 2.05) is 11.3 Å². The van der Waals surface area contributed by atoms with Crippen LogP contribution in [-0.4, -0.2) is 6.04 Å². The number of aryl methyl sites for hydroxylation is 1. The van der Waals surface area contributed by atoms with Crippen molar-refractivity contribution in [1.82, 2.24) is 5.32 Å². The molecule has 82 valence electrons. The Kier molecular flexibility index (Phi) is 5.45. The van der Waals surface area contributed by atoms with Crippen LogP contribution in [0.3, 0.4) is 0 Å². The molecule has 1 atom stereocenters. The number of rotatable bonds is 6. The Bertz CT molecular complexity index is 322. The van der Waals surface area contributed by atoms with Gasteiger partial charge in [-0.1, -0.05) is 26.2 Å². The predicted octanol–water partition coefficient (Wildman–Crippen LogP) is 3.20. The minimum absolute atomic E-state index is 0.224. The number of nitrogens with one attached hydrogen (secondary N) is 1. The van der Waals surface area contributed by atoms with Gasteiger partial charge >= 0.3 is 0 Å². The molecule has 1 nitrogen and oxygen atoms in total. The lowest BCUT2D eigenvalue weighted by atomic mass is 10.2. The first-order valence-corrected chi connectivity index (χ1v) is 6.38. The summed E-state index contributed by atoms with van der Waals surface area (Å²) < 4.78 is 0. The van der Waals surface area contributed by atoms with Gasteiger partial charge in [0.15, 0.2) is 0 Å². The summed E-state index contributed by atoms with van der Waals surface area (Å²) in [6.45, 7) is 5.25. The van der Waals surface area contributed by atoms with E-state index in [0.717, 1.165) is 25.8 Å². The van der Waals surface area contributed by atoms with Gasteiger partial charge in [0.05, 0.1) is 6.04 Å². The van der Waals surface area contributed by atoms with E-state index in [-0.39, 0.29) is 6.04 Å². The van der Waals surface area contributed by atoms with Crippen LogP contribution in [0.5, 0.6) is 0 Å². The minimum Gasteiger partial charge on any atom is -0.299 e. The molecule has 0 radical (unpaired) electrons. The largest absolute Gasteiger partial charge is 0.299 e. The van der Waals surface area contributed by atoms with Crippen molar-refractivity contribution in [3.05, 3.63) is 21.9 Å². The van der Waals surface area contributed by atoms with E-state index in [0.29, 0.717) is 0 Å². The molecular weight excluding hydrogens is 202 g/mol. The second-order valence-corrected chi connectivity index (χ2v) is 4.86. The Morgan fingerprint density at radius 1 is 1.40 bits per heavy atom. The number of thiophene rings is 1. The van der Waals surface area contributed by atoms with E-state index in [2.05, 4.69) is 37.2 Å². The maximum Gasteiger partial charge on any atom is 0.0689 e. The lowest BCUT2D eigenvalue weighted by Crippen LogP contribution is -2.26. The molecule has 1 aromatic rings. The normalized spacial score (nSPS) is 12.3. The molecule has 0 spiro atoms. The van der Waals surface area contributed by atoms with Gasteiger partial charge in [-0.05, 0) is 25.0 Å². The fourth-order valence-corrected chi connectivity index (χ4v) is 2.37. The highest BCUT2D eigenvalue weighted by atomic mass is 32.1. The van der Waals surface area contributed by atoms with Crippen LogP contribution < -0.4 is 5.32 Å². The van der Waals surface area contributed by atoms with Gasteiger partial charge in [0.25, 0.3) is 0 Å². The highest BCUT2D eigenvalue weighted by Gasteiger charge is 2.04. The molecule has 0 amide bonds. The van der Waals surface area contributed by atoms with Gasteiger partial charge in [-0.3, -0.25) is 5.32 Å². The summed E-state index contributed by atoms with van der Waals surface area (Å²) in [5, 5.41) is 3.40. The Morgan fingerprint density at radius 3 is 2.67 bits per heavy atom. The molecule has 0 saturated heterocycles. The maximum absolute atomic E-state index is 5.45. The van der Waals surface area contributed by atoms with Crippen LogP contribution in [0.25, 0.3) is 0 Å². The SMILES string of the molecule is C#CC(CCC)NCc1ccc(CC)s1. The van der Waals surface area contributed by atoms with E-state index in [4.69, 9.17) is 6.42 Å².